The zero-order valence-corrected chi connectivity index (χ0v) is 13.2. The van der Waals surface area contributed by atoms with Crippen LogP contribution in [0.25, 0.3) is 0 Å². The first-order valence-corrected chi connectivity index (χ1v) is 8.01. The van der Waals surface area contributed by atoms with Gasteiger partial charge >= 0.3 is 0 Å². The Kier molecular flexibility index (Phi) is 3.83. The minimum atomic E-state index is 0.397. The average molecular weight is 273 g/mol. The first-order chi connectivity index (χ1) is 9.56. The van der Waals surface area contributed by atoms with E-state index in [-0.39, 0.29) is 0 Å². The van der Waals surface area contributed by atoms with Crippen molar-refractivity contribution in [2.75, 3.05) is 13.1 Å². The van der Waals surface area contributed by atoms with Crippen LogP contribution in [0.2, 0.25) is 0 Å². The van der Waals surface area contributed by atoms with Gasteiger partial charge in [0.1, 0.15) is 0 Å². The van der Waals surface area contributed by atoms with Crippen LogP contribution in [0.3, 0.4) is 0 Å². The Morgan fingerprint density at radius 2 is 2.05 bits per heavy atom. The zero-order valence-electron chi connectivity index (χ0n) is 13.2. The molecule has 3 unspecified atom stereocenters. The maximum atomic E-state index is 4.65. The van der Waals surface area contributed by atoms with Crippen LogP contribution in [0.4, 0.5) is 0 Å². The lowest BCUT2D eigenvalue weighted by Gasteiger charge is -2.27. The van der Waals surface area contributed by atoms with E-state index in [1.54, 1.807) is 0 Å². The summed E-state index contributed by atoms with van der Waals surface area (Å²) < 4.78 is 0. The fourth-order valence-corrected chi connectivity index (χ4v) is 4.37. The van der Waals surface area contributed by atoms with Gasteiger partial charge in [-0.05, 0) is 70.7 Å². The van der Waals surface area contributed by atoms with E-state index in [4.69, 9.17) is 0 Å². The van der Waals surface area contributed by atoms with E-state index in [1.807, 2.05) is 0 Å². The summed E-state index contributed by atoms with van der Waals surface area (Å²) in [6.07, 6.45) is 4.04. The van der Waals surface area contributed by atoms with Crippen LogP contribution in [0.15, 0.2) is 6.07 Å². The second-order valence-electron chi connectivity index (χ2n) is 6.61. The maximum absolute atomic E-state index is 4.65. The van der Waals surface area contributed by atoms with Gasteiger partial charge in [0.25, 0.3) is 0 Å². The summed E-state index contributed by atoms with van der Waals surface area (Å²) >= 11 is 0. The first kappa shape index (κ1) is 14.0. The van der Waals surface area contributed by atoms with Gasteiger partial charge in [0.05, 0.1) is 0 Å². The molecule has 0 spiro atoms. The third kappa shape index (κ3) is 2.49. The van der Waals surface area contributed by atoms with Crippen molar-refractivity contribution in [1.82, 2.24) is 15.2 Å². The Hall–Kier alpha value is -0.930. The van der Waals surface area contributed by atoms with Gasteiger partial charge in [-0.25, -0.2) is 0 Å². The van der Waals surface area contributed by atoms with Gasteiger partial charge in [-0.1, -0.05) is 0 Å². The Morgan fingerprint density at radius 1 is 1.25 bits per heavy atom. The number of pyridine rings is 1. The quantitative estimate of drug-likeness (QED) is 0.918. The zero-order chi connectivity index (χ0) is 14.3. The smallest absolute Gasteiger partial charge is 0.0426 e. The normalized spacial score (nSPS) is 27.8. The van der Waals surface area contributed by atoms with Crippen molar-refractivity contribution in [3.8, 4) is 0 Å². The number of aryl methyl sites for hydroxylation is 3. The molecular weight excluding hydrogens is 246 g/mol. The van der Waals surface area contributed by atoms with E-state index in [2.05, 4.69) is 49.0 Å². The Morgan fingerprint density at radius 3 is 2.80 bits per heavy atom. The van der Waals surface area contributed by atoms with Crippen molar-refractivity contribution in [3.05, 3.63) is 28.6 Å². The average Bonchev–Trinajstić information content (AvgIpc) is 2.92. The second kappa shape index (κ2) is 5.45. The molecule has 3 rings (SSSR count). The highest BCUT2D eigenvalue weighted by Crippen LogP contribution is 2.30. The first-order valence-electron chi connectivity index (χ1n) is 8.01. The van der Waals surface area contributed by atoms with Crippen LogP contribution >= 0.6 is 0 Å². The molecule has 1 aromatic rings. The van der Waals surface area contributed by atoms with Crippen LogP contribution in [-0.4, -0.2) is 35.1 Å². The van der Waals surface area contributed by atoms with Crippen molar-refractivity contribution >= 4 is 0 Å². The molecule has 3 atom stereocenters. The van der Waals surface area contributed by atoms with E-state index < -0.39 is 0 Å². The van der Waals surface area contributed by atoms with E-state index in [0.717, 1.165) is 11.7 Å². The fraction of sp³-hybridized carbons (Fsp3) is 0.706. The third-order valence-corrected chi connectivity index (χ3v) is 5.09. The summed E-state index contributed by atoms with van der Waals surface area (Å²) in [6.45, 7) is 11.3. The number of nitrogens with zero attached hydrogens (tertiary/aromatic N) is 2. The summed E-state index contributed by atoms with van der Waals surface area (Å²) in [7, 11) is 0. The molecule has 2 aliphatic rings. The number of fused-ring (bicyclic) bond motifs is 1. The molecule has 0 amide bonds. The molecule has 3 nitrogen and oxygen atoms in total. The molecule has 0 radical (unpaired) electrons. The van der Waals surface area contributed by atoms with Crippen LogP contribution in [0.5, 0.6) is 0 Å². The molecule has 0 aromatic carbocycles. The summed E-state index contributed by atoms with van der Waals surface area (Å²) in [5.74, 6) is 0. The molecule has 2 saturated heterocycles. The van der Waals surface area contributed by atoms with Crippen molar-refractivity contribution < 1.29 is 0 Å². The lowest BCUT2D eigenvalue weighted by Crippen LogP contribution is -2.40. The maximum Gasteiger partial charge on any atom is 0.0426 e. The number of hydrogen-bond acceptors (Lipinski definition) is 3. The lowest BCUT2D eigenvalue weighted by molar-refractivity contribution is 0.291. The van der Waals surface area contributed by atoms with Crippen molar-refractivity contribution in [2.24, 2.45) is 0 Å². The van der Waals surface area contributed by atoms with Gasteiger partial charge in [-0.2, -0.15) is 0 Å². The van der Waals surface area contributed by atoms with Gasteiger partial charge in [0.2, 0.25) is 0 Å². The van der Waals surface area contributed by atoms with Crippen LogP contribution in [-0.2, 0) is 0 Å². The van der Waals surface area contributed by atoms with Gasteiger partial charge in [-0.15, -0.1) is 0 Å². The lowest BCUT2D eigenvalue weighted by atomic mass is 9.98. The predicted octanol–water partition coefficient (Wildman–Crippen LogP) is 2.89. The Labute approximate surface area is 122 Å². The summed E-state index contributed by atoms with van der Waals surface area (Å²) in [5, 5.41) is 3.89. The summed E-state index contributed by atoms with van der Waals surface area (Å²) in [5.41, 5.74) is 5.07. The standard InChI is InChI=1S/C17H27N3/c1-11-10-12(2)18-13(3)17(11)14(4)19-15-7-9-20-8-5-6-16(15)20/h10,14-16,19H,5-9H2,1-4H3. The van der Waals surface area contributed by atoms with Crippen molar-refractivity contribution in [3.63, 3.8) is 0 Å². The SMILES string of the molecule is Cc1cc(C)c(C(C)NC2CCN3CCCC23)c(C)n1. The number of aromatic nitrogens is 1. The van der Waals surface area contributed by atoms with Crippen LogP contribution in [0.1, 0.15) is 54.7 Å². The van der Waals surface area contributed by atoms with Crippen molar-refractivity contribution in [1.29, 1.82) is 0 Å². The molecule has 0 saturated carbocycles. The monoisotopic (exact) mass is 273 g/mol. The van der Waals surface area contributed by atoms with Gasteiger partial charge in [-0.3, -0.25) is 9.88 Å². The topological polar surface area (TPSA) is 28.2 Å². The fourth-order valence-electron chi connectivity index (χ4n) is 4.37. The van der Waals surface area contributed by atoms with Crippen LogP contribution < -0.4 is 5.32 Å². The highest BCUT2D eigenvalue weighted by Gasteiger charge is 2.37. The van der Waals surface area contributed by atoms with E-state index in [0.29, 0.717) is 12.1 Å². The van der Waals surface area contributed by atoms with E-state index in [9.17, 15) is 0 Å². The second-order valence-corrected chi connectivity index (χ2v) is 6.61. The molecule has 1 aromatic heterocycles. The molecule has 2 fully saturated rings. The molecule has 3 heteroatoms. The summed E-state index contributed by atoms with van der Waals surface area (Å²) in [4.78, 5) is 7.31. The minimum absolute atomic E-state index is 0.397. The Balaban J connectivity index is 1.75. The van der Waals surface area contributed by atoms with E-state index in [1.165, 1.54) is 49.2 Å². The van der Waals surface area contributed by atoms with Gasteiger partial charge in [0, 0.05) is 36.1 Å². The molecule has 0 bridgehead atoms. The van der Waals surface area contributed by atoms with Gasteiger partial charge < -0.3 is 5.32 Å². The molecule has 110 valence electrons. The molecular formula is C17H27N3. The Bertz CT molecular complexity index is 474. The molecule has 2 aliphatic heterocycles. The van der Waals surface area contributed by atoms with Crippen LogP contribution in [0, 0.1) is 20.8 Å². The molecule has 20 heavy (non-hydrogen) atoms. The van der Waals surface area contributed by atoms with E-state index >= 15 is 0 Å². The predicted molar refractivity (Wildman–Crippen MR) is 83.0 cm³/mol. The molecule has 0 aliphatic carbocycles. The minimum Gasteiger partial charge on any atom is -0.306 e. The highest BCUT2D eigenvalue weighted by molar-refractivity contribution is 5.33. The largest absolute Gasteiger partial charge is 0.306 e. The summed E-state index contributed by atoms with van der Waals surface area (Å²) in [6, 6.07) is 4.04. The molecule has 1 N–H and O–H groups in total. The number of nitrogens with one attached hydrogen (secondary N) is 1. The number of hydrogen-bond donors (Lipinski definition) is 1. The number of rotatable bonds is 3. The third-order valence-electron chi connectivity index (χ3n) is 5.09. The van der Waals surface area contributed by atoms with Gasteiger partial charge in [0.15, 0.2) is 0 Å². The molecule has 3 heterocycles. The highest BCUT2D eigenvalue weighted by atomic mass is 15.2. The van der Waals surface area contributed by atoms with Crippen molar-refractivity contribution in [2.45, 2.75) is 65.1 Å².